The van der Waals surface area contributed by atoms with Crippen molar-refractivity contribution in [1.29, 1.82) is 0 Å². The van der Waals surface area contributed by atoms with Crippen LogP contribution in [0.3, 0.4) is 0 Å². The summed E-state index contributed by atoms with van der Waals surface area (Å²) in [5.74, 6) is -0.173. The summed E-state index contributed by atoms with van der Waals surface area (Å²) in [6, 6.07) is 13.1. The van der Waals surface area contributed by atoms with E-state index in [1.54, 1.807) is 4.90 Å². The second kappa shape index (κ2) is 11.8. The Morgan fingerprint density at radius 3 is 2.47 bits per heavy atom. The van der Waals surface area contributed by atoms with Crippen LogP contribution < -0.4 is 5.32 Å². The van der Waals surface area contributed by atoms with Gasteiger partial charge in [-0.2, -0.15) is 0 Å². The van der Waals surface area contributed by atoms with Crippen molar-refractivity contribution in [2.75, 3.05) is 6.54 Å². The zero-order chi connectivity index (χ0) is 22.1. The lowest BCUT2D eigenvalue weighted by atomic mass is 10.0. The van der Waals surface area contributed by atoms with Crippen LogP contribution in [0.5, 0.6) is 0 Å². The molecule has 0 radical (unpaired) electrons. The van der Waals surface area contributed by atoms with Crippen LogP contribution in [0.2, 0.25) is 5.02 Å². The molecule has 0 unspecified atom stereocenters. The first-order valence-corrected chi connectivity index (χ1v) is 11.1. The maximum absolute atomic E-state index is 13.4. The number of aryl methyl sites for hydroxylation is 2. The van der Waals surface area contributed by atoms with Crippen molar-refractivity contribution >= 4 is 23.4 Å². The summed E-state index contributed by atoms with van der Waals surface area (Å²) in [5, 5.41) is 3.59. The van der Waals surface area contributed by atoms with Crippen molar-refractivity contribution in [2.45, 2.75) is 66.0 Å². The first-order chi connectivity index (χ1) is 14.4. The molecule has 0 aromatic heterocycles. The van der Waals surface area contributed by atoms with E-state index >= 15 is 0 Å². The Kier molecular flexibility index (Phi) is 9.38. The van der Waals surface area contributed by atoms with E-state index in [0.717, 1.165) is 35.1 Å². The van der Waals surface area contributed by atoms with E-state index in [1.165, 1.54) is 0 Å². The third kappa shape index (κ3) is 6.60. The highest BCUT2D eigenvalue weighted by Gasteiger charge is 2.29. The average Bonchev–Trinajstić information content (AvgIpc) is 2.72. The summed E-state index contributed by atoms with van der Waals surface area (Å²) >= 11 is 6.37. The molecular formula is C25H33ClN2O2. The summed E-state index contributed by atoms with van der Waals surface area (Å²) in [5.41, 5.74) is 4.02. The Labute approximate surface area is 185 Å². The predicted molar refractivity (Wildman–Crippen MR) is 124 cm³/mol. The molecule has 0 fully saturated rings. The first kappa shape index (κ1) is 23.9. The number of carbonyl (C=O) groups is 2. The molecule has 1 N–H and O–H groups in total. The van der Waals surface area contributed by atoms with Gasteiger partial charge in [0.2, 0.25) is 11.8 Å². The van der Waals surface area contributed by atoms with Crippen molar-refractivity contribution in [3.63, 3.8) is 0 Å². The zero-order valence-corrected chi connectivity index (χ0v) is 19.3. The molecule has 4 nitrogen and oxygen atoms in total. The molecule has 30 heavy (non-hydrogen) atoms. The summed E-state index contributed by atoms with van der Waals surface area (Å²) in [6.45, 7) is 8.98. The molecule has 0 aliphatic carbocycles. The molecule has 0 aliphatic rings. The minimum absolute atomic E-state index is 0.0684. The molecule has 0 bridgehead atoms. The number of benzene rings is 2. The fourth-order valence-electron chi connectivity index (χ4n) is 3.49. The van der Waals surface area contributed by atoms with Crippen molar-refractivity contribution in [2.24, 2.45) is 0 Å². The van der Waals surface area contributed by atoms with Gasteiger partial charge in [0, 0.05) is 18.1 Å². The van der Waals surface area contributed by atoms with Crippen molar-refractivity contribution in [1.82, 2.24) is 10.2 Å². The number of nitrogens with zero attached hydrogens (tertiary/aromatic N) is 1. The van der Waals surface area contributed by atoms with Gasteiger partial charge in [-0.1, -0.05) is 73.8 Å². The number of nitrogens with one attached hydrogen (secondary N) is 1. The molecule has 2 aromatic carbocycles. The molecule has 0 saturated heterocycles. The molecule has 2 aromatic rings. The number of hydrogen-bond acceptors (Lipinski definition) is 2. The van der Waals surface area contributed by atoms with E-state index in [9.17, 15) is 9.59 Å². The molecule has 1 atom stereocenters. The smallest absolute Gasteiger partial charge is 0.242 e. The van der Waals surface area contributed by atoms with E-state index in [2.05, 4.69) is 12.2 Å². The Bertz CT molecular complexity index is 866. The summed E-state index contributed by atoms with van der Waals surface area (Å²) < 4.78 is 0. The van der Waals surface area contributed by atoms with Crippen molar-refractivity contribution in [3.8, 4) is 0 Å². The molecular weight excluding hydrogens is 396 g/mol. The normalized spacial score (nSPS) is 11.8. The van der Waals surface area contributed by atoms with Crippen LogP contribution in [0.25, 0.3) is 0 Å². The quantitative estimate of drug-likeness (QED) is 0.527. The van der Waals surface area contributed by atoms with Crippen LogP contribution in [0.1, 0.15) is 55.4 Å². The fourth-order valence-corrected chi connectivity index (χ4v) is 3.69. The monoisotopic (exact) mass is 428 g/mol. The minimum Gasteiger partial charge on any atom is -0.354 e. The predicted octanol–water partition coefficient (Wildman–Crippen LogP) is 5.22. The second-order valence-electron chi connectivity index (χ2n) is 7.79. The van der Waals surface area contributed by atoms with Gasteiger partial charge in [-0.3, -0.25) is 9.59 Å². The van der Waals surface area contributed by atoms with Crippen LogP contribution in [-0.4, -0.2) is 29.3 Å². The van der Waals surface area contributed by atoms with Crippen LogP contribution in [-0.2, 0) is 22.6 Å². The maximum Gasteiger partial charge on any atom is 0.242 e. The van der Waals surface area contributed by atoms with Gasteiger partial charge in [0.25, 0.3) is 0 Å². The Balaban J connectivity index is 2.31. The maximum atomic E-state index is 13.4. The lowest BCUT2D eigenvalue weighted by Gasteiger charge is -2.31. The fraction of sp³-hybridized carbons (Fsp3) is 0.440. The SMILES string of the molecule is CCCCNC(=O)[C@@H](CC)N(Cc1ccccc1Cl)C(=O)Cc1cc(C)ccc1C. The average molecular weight is 429 g/mol. The topological polar surface area (TPSA) is 49.4 Å². The summed E-state index contributed by atoms with van der Waals surface area (Å²) in [6.07, 6.45) is 2.73. The minimum atomic E-state index is -0.532. The van der Waals surface area contributed by atoms with Crippen LogP contribution in [0.15, 0.2) is 42.5 Å². The number of halogens is 1. The van der Waals surface area contributed by atoms with Crippen LogP contribution >= 0.6 is 11.6 Å². The van der Waals surface area contributed by atoms with E-state index < -0.39 is 6.04 Å². The van der Waals surface area contributed by atoms with E-state index in [0.29, 0.717) is 24.5 Å². The van der Waals surface area contributed by atoms with Gasteiger partial charge in [0.1, 0.15) is 6.04 Å². The highest BCUT2D eigenvalue weighted by molar-refractivity contribution is 6.31. The highest BCUT2D eigenvalue weighted by Crippen LogP contribution is 2.21. The van der Waals surface area contributed by atoms with E-state index in [-0.39, 0.29) is 18.2 Å². The molecule has 2 rings (SSSR count). The number of hydrogen-bond donors (Lipinski definition) is 1. The lowest BCUT2D eigenvalue weighted by molar-refractivity contribution is -0.140. The van der Waals surface area contributed by atoms with Crippen LogP contribution in [0, 0.1) is 13.8 Å². The van der Waals surface area contributed by atoms with Crippen molar-refractivity contribution in [3.05, 3.63) is 69.7 Å². The molecule has 162 valence electrons. The van der Waals surface area contributed by atoms with E-state index in [1.807, 2.05) is 63.2 Å². The molecule has 0 saturated carbocycles. The Hall–Kier alpha value is -2.33. The van der Waals surface area contributed by atoms with Crippen molar-refractivity contribution < 1.29 is 9.59 Å². The largest absolute Gasteiger partial charge is 0.354 e. The van der Waals surface area contributed by atoms with Gasteiger partial charge in [0.05, 0.1) is 6.42 Å². The molecule has 2 amide bonds. The van der Waals surface area contributed by atoms with Gasteiger partial charge in [-0.15, -0.1) is 0 Å². The van der Waals surface area contributed by atoms with Gasteiger partial charge in [-0.05, 0) is 49.4 Å². The number of amides is 2. The number of rotatable bonds is 10. The Morgan fingerprint density at radius 2 is 1.80 bits per heavy atom. The first-order valence-electron chi connectivity index (χ1n) is 10.7. The third-order valence-electron chi connectivity index (χ3n) is 5.36. The highest BCUT2D eigenvalue weighted by atomic mass is 35.5. The van der Waals surface area contributed by atoms with E-state index in [4.69, 9.17) is 11.6 Å². The molecule has 0 aliphatic heterocycles. The standard InChI is InChI=1S/C25H33ClN2O2/c1-5-7-14-27-25(30)23(6-2)28(17-20-10-8-9-11-22(20)26)24(29)16-21-15-18(3)12-13-19(21)4/h8-13,15,23H,5-7,14,16-17H2,1-4H3,(H,27,30)/t23-/m1/s1. The molecule has 0 spiro atoms. The summed E-state index contributed by atoms with van der Waals surface area (Å²) in [4.78, 5) is 28.0. The van der Waals surface area contributed by atoms with Gasteiger partial charge >= 0.3 is 0 Å². The summed E-state index contributed by atoms with van der Waals surface area (Å²) in [7, 11) is 0. The third-order valence-corrected chi connectivity index (χ3v) is 5.73. The number of carbonyl (C=O) groups excluding carboxylic acids is 2. The Morgan fingerprint density at radius 1 is 1.07 bits per heavy atom. The van der Waals surface area contributed by atoms with Gasteiger partial charge < -0.3 is 10.2 Å². The number of unbranched alkanes of at least 4 members (excludes halogenated alkanes) is 1. The molecule has 0 heterocycles. The van der Waals surface area contributed by atoms with Gasteiger partial charge in [-0.25, -0.2) is 0 Å². The molecule has 5 heteroatoms. The second-order valence-corrected chi connectivity index (χ2v) is 8.20. The van der Waals surface area contributed by atoms with Gasteiger partial charge in [0.15, 0.2) is 0 Å². The lowest BCUT2D eigenvalue weighted by Crippen LogP contribution is -2.49. The zero-order valence-electron chi connectivity index (χ0n) is 18.5. The van der Waals surface area contributed by atoms with Crippen LogP contribution in [0.4, 0.5) is 0 Å².